The molecular weight excluding hydrogens is 510 g/mol. The Morgan fingerprint density at radius 1 is 1.23 bits per heavy atom. The van der Waals surface area contributed by atoms with E-state index in [2.05, 4.69) is 57.7 Å². The van der Waals surface area contributed by atoms with Gasteiger partial charge >= 0.3 is 5.97 Å². The second kappa shape index (κ2) is 9.60. The fourth-order valence-corrected chi connectivity index (χ4v) is 8.58. The van der Waals surface area contributed by atoms with Gasteiger partial charge < -0.3 is 20.1 Å². The van der Waals surface area contributed by atoms with Gasteiger partial charge in [0.15, 0.2) is 5.60 Å². The van der Waals surface area contributed by atoms with Crippen molar-refractivity contribution in [2.45, 2.75) is 76.5 Å². The molecule has 10 heteroatoms. The van der Waals surface area contributed by atoms with Crippen molar-refractivity contribution in [3.8, 4) is 0 Å². The lowest BCUT2D eigenvalue weighted by atomic mass is 9.78. The summed E-state index contributed by atoms with van der Waals surface area (Å²) in [6, 6.07) is 8.91. The Morgan fingerprint density at radius 3 is 2.85 bits per heavy atom. The molecule has 4 heterocycles. The number of ether oxygens (including phenoxy) is 1. The average Bonchev–Trinajstić information content (AvgIpc) is 3.56. The molecule has 4 aliphatic rings. The molecule has 0 radical (unpaired) electrons. The first-order valence-corrected chi connectivity index (χ1v) is 17.2. The Hall–Kier alpha value is -3.50. The molecule has 0 spiro atoms. The van der Waals surface area contributed by atoms with Crippen LogP contribution < -0.4 is 5.32 Å². The second-order valence-electron chi connectivity index (χ2n) is 11.7. The van der Waals surface area contributed by atoms with Gasteiger partial charge in [-0.15, -0.1) is 0 Å². The van der Waals surface area contributed by atoms with Crippen LogP contribution in [0.25, 0.3) is 6.08 Å². The second-order valence-corrected chi connectivity index (χ2v) is 17.1. The van der Waals surface area contributed by atoms with Crippen molar-refractivity contribution in [3.63, 3.8) is 0 Å². The minimum absolute atomic E-state index is 0.0859. The van der Waals surface area contributed by atoms with Crippen LogP contribution in [-0.2, 0) is 33.8 Å². The van der Waals surface area contributed by atoms with E-state index < -0.39 is 19.6 Å². The Morgan fingerprint density at radius 2 is 2.08 bits per heavy atom. The normalized spacial score (nSPS) is 22.2. The number of aliphatic hydroxyl groups is 1. The van der Waals surface area contributed by atoms with Gasteiger partial charge in [0.2, 0.25) is 5.78 Å². The van der Waals surface area contributed by atoms with Crippen LogP contribution in [0.4, 0.5) is 0 Å². The van der Waals surface area contributed by atoms with Crippen molar-refractivity contribution in [1.29, 1.82) is 0 Å². The summed E-state index contributed by atoms with van der Waals surface area (Å²) in [5, 5.41) is 18.7. The highest BCUT2D eigenvalue weighted by molar-refractivity contribution is 6.77. The number of carbonyl (C=O) groups excluding carboxylic acids is 2. The average molecular weight is 546 g/mol. The third-order valence-corrected chi connectivity index (χ3v) is 12.0. The first-order chi connectivity index (χ1) is 18.7. The largest absolute Gasteiger partial charge is 0.458 e. The topological polar surface area (TPSA) is 110 Å². The Labute approximate surface area is 229 Å². The summed E-state index contributed by atoms with van der Waals surface area (Å²) in [4.78, 5) is 32.2. The molecule has 6 rings (SSSR count). The summed E-state index contributed by atoms with van der Waals surface area (Å²) in [7, 11) is -1.41. The van der Waals surface area contributed by atoms with E-state index in [0.717, 1.165) is 30.9 Å². The lowest BCUT2D eigenvalue weighted by Crippen LogP contribution is -2.48. The van der Waals surface area contributed by atoms with Gasteiger partial charge in [-0.05, 0) is 47.6 Å². The van der Waals surface area contributed by atoms with Crippen LogP contribution in [0.15, 0.2) is 59.2 Å². The number of nitrogens with one attached hydrogen (secondary N) is 1. The van der Waals surface area contributed by atoms with Crippen LogP contribution in [0.1, 0.15) is 42.9 Å². The fraction of sp³-hybridized carbons (Fsp3) is 0.448. The van der Waals surface area contributed by atoms with Gasteiger partial charge in [0, 0.05) is 32.3 Å². The number of ketones is 1. The number of benzene rings is 1. The Balaban J connectivity index is 1.19. The molecule has 0 bridgehead atoms. The number of esters is 1. The number of rotatable bonds is 8. The Kier molecular flexibility index (Phi) is 6.34. The lowest BCUT2D eigenvalue weighted by Gasteiger charge is -2.36. The van der Waals surface area contributed by atoms with Gasteiger partial charge in [-0.1, -0.05) is 50.3 Å². The summed E-state index contributed by atoms with van der Waals surface area (Å²) in [6.45, 7) is 8.10. The van der Waals surface area contributed by atoms with E-state index in [-0.39, 0.29) is 18.8 Å². The molecule has 3 aliphatic heterocycles. The van der Waals surface area contributed by atoms with Crippen LogP contribution in [0.2, 0.25) is 25.2 Å². The molecule has 0 unspecified atom stereocenters. The van der Waals surface area contributed by atoms with E-state index in [1.807, 2.05) is 4.68 Å². The number of aryl methyl sites for hydroxylation is 2. The van der Waals surface area contributed by atoms with Gasteiger partial charge in [-0.25, -0.2) is 9.78 Å². The minimum Gasteiger partial charge on any atom is -0.458 e. The minimum atomic E-state index is -1.75. The SMILES string of the molecule is CC[C@@]1(O)C(=O)OCC2=C1CC1=C(C2=O)N2Cc3c(cccc3CC[Si](C)(C)CCCn3cncn3)C=C2N1. The molecule has 0 saturated carbocycles. The molecular formula is C29H35N5O4Si. The molecule has 0 saturated heterocycles. The number of aromatic nitrogens is 3. The number of nitrogens with zero attached hydrogens (tertiary/aromatic N) is 4. The van der Waals surface area contributed by atoms with Gasteiger partial charge in [0.25, 0.3) is 0 Å². The van der Waals surface area contributed by atoms with E-state index in [1.165, 1.54) is 28.8 Å². The first kappa shape index (κ1) is 25.8. The highest BCUT2D eigenvalue weighted by atomic mass is 28.3. The fourth-order valence-electron chi connectivity index (χ4n) is 6.27. The molecule has 1 aliphatic carbocycles. The smallest absolute Gasteiger partial charge is 0.342 e. The number of carbonyl (C=O) groups is 2. The number of allylic oxidation sites excluding steroid dienone is 2. The number of hydrogen-bond acceptors (Lipinski definition) is 8. The summed E-state index contributed by atoms with van der Waals surface area (Å²) >= 11 is 0. The van der Waals surface area contributed by atoms with Gasteiger partial charge in [-0.3, -0.25) is 9.48 Å². The van der Waals surface area contributed by atoms with Gasteiger partial charge in [-0.2, -0.15) is 5.10 Å². The molecule has 204 valence electrons. The maximum Gasteiger partial charge on any atom is 0.342 e. The number of fused-ring (bicyclic) bond motifs is 3. The van der Waals surface area contributed by atoms with Crippen LogP contribution in [-0.4, -0.2) is 56.8 Å². The zero-order chi connectivity index (χ0) is 27.4. The zero-order valence-electron chi connectivity index (χ0n) is 22.8. The van der Waals surface area contributed by atoms with Crippen molar-refractivity contribution in [1.82, 2.24) is 25.0 Å². The standard InChI is InChI=1S/C29H35N5O4Si/c1-4-29(37)23-14-24-26(27(35)22(23)16-38-28(29)36)34-15-21-19(7-5-8-20(21)13-25(34)32-24)9-12-39(2,3)11-6-10-33-18-30-17-31-33/h5,7-8,13,17-18,32,37H,4,6,9-12,14-16H2,1-3H3/t29-/m0/s1. The molecule has 1 aromatic heterocycles. The first-order valence-electron chi connectivity index (χ1n) is 13.8. The van der Waals surface area contributed by atoms with E-state index in [9.17, 15) is 14.7 Å². The molecule has 0 amide bonds. The lowest BCUT2D eigenvalue weighted by molar-refractivity contribution is -0.163. The van der Waals surface area contributed by atoms with Crippen molar-refractivity contribution >= 4 is 25.9 Å². The molecule has 0 fully saturated rings. The summed E-state index contributed by atoms with van der Waals surface area (Å²) < 4.78 is 7.15. The number of cyclic esters (lactones) is 1. The number of hydrogen-bond donors (Lipinski definition) is 2. The maximum absolute atomic E-state index is 13.7. The summed E-state index contributed by atoms with van der Waals surface area (Å²) in [6.07, 6.45) is 8.11. The predicted molar refractivity (Wildman–Crippen MR) is 148 cm³/mol. The van der Waals surface area contributed by atoms with E-state index in [4.69, 9.17) is 4.74 Å². The molecule has 2 N–H and O–H groups in total. The van der Waals surface area contributed by atoms with Crippen molar-refractivity contribution < 1.29 is 19.4 Å². The predicted octanol–water partition coefficient (Wildman–Crippen LogP) is 3.52. The highest BCUT2D eigenvalue weighted by Crippen LogP contribution is 2.44. The third kappa shape index (κ3) is 4.45. The molecule has 9 nitrogen and oxygen atoms in total. The molecule has 39 heavy (non-hydrogen) atoms. The van der Waals surface area contributed by atoms with Crippen LogP contribution in [0.5, 0.6) is 0 Å². The van der Waals surface area contributed by atoms with Crippen molar-refractivity contribution in [2.24, 2.45) is 0 Å². The highest BCUT2D eigenvalue weighted by Gasteiger charge is 2.51. The van der Waals surface area contributed by atoms with Crippen LogP contribution in [0.3, 0.4) is 0 Å². The van der Waals surface area contributed by atoms with Gasteiger partial charge in [0.1, 0.15) is 30.8 Å². The van der Waals surface area contributed by atoms with E-state index in [0.29, 0.717) is 29.8 Å². The number of Topliss-reactive ketones (excluding diaryl/α,β-unsaturated/α-hetero) is 1. The third-order valence-electron chi connectivity index (χ3n) is 8.72. The Bertz CT molecular complexity index is 1440. The van der Waals surface area contributed by atoms with Crippen LogP contribution >= 0.6 is 0 Å². The van der Waals surface area contributed by atoms with Gasteiger partial charge in [0.05, 0.1) is 6.54 Å². The van der Waals surface area contributed by atoms with E-state index >= 15 is 0 Å². The summed E-state index contributed by atoms with van der Waals surface area (Å²) in [5.41, 5.74) is 4.28. The van der Waals surface area contributed by atoms with Crippen molar-refractivity contribution in [2.75, 3.05) is 6.61 Å². The molecule has 1 atom stereocenters. The maximum atomic E-state index is 13.7. The summed E-state index contributed by atoms with van der Waals surface area (Å²) in [5.74, 6) is 0.0359. The zero-order valence-corrected chi connectivity index (χ0v) is 23.8. The van der Waals surface area contributed by atoms with Crippen LogP contribution in [0, 0.1) is 0 Å². The molecule has 2 aromatic rings. The quantitative estimate of drug-likeness (QED) is 0.383. The van der Waals surface area contributed by atoms with E-state index in [1.54, 1.807) is 19.6 Å². The molecule has 1 aromatic carbocycles. The van der Waals surface area contributed by atoms with Crippen molar-refractivity contribution in [3.05, 3.63) is 75.9 Å². The monoisotopic (exact) mass is 545 g/mol.